The maximum Gasteiger partial charge on any atom is 0.438 e. The molecule has 1 aromatic heterocycles. The van der Waals surface area contributed by atoms with Gasteiger partial charge in [-0.3, -0.25) is 9.51 Å². The standard InChI is InChI=1S/C16H17ClN4O3/c17-10-5-4-9(8-11-18-15(23)24-21-11)12-13(10)19-14(22)20-16(12)6-2-1-3-7-16/h4-5H,1-3,6-8H2,(H,18,21,23)(H2,19,20,22). The summed E-state index contributed by atoms with van der Waals surface area (Å²) < 4.78 is 4.59. The molecule has 1 saturated carbocycles. The summed E-state index contributed by atoms with van der Waals surface area (Å²) in [5.74, 6) is -0.126. The third-order valence-electron chi connectivity index (χ3n) is 4.86. The van der Waals surface area contributed by atoms with E-state index in [1.807, 2.05) is 6.07 Å². The van der Waals surface area contributed by atoms with Crippen molar-refractivity contribution in [2.45, 2.75) is 44.1 Å². The quantitative estimate of drug-likeness (QED) is 0.776. The molecule has 8 heteroatoms. The fourth-order valence-electron chi connectivity index (χ4n) is 3.91. The number of nitrogens with zero attached hydrogens (tertiary/aromatic N) is 1. The van der Waals surface area contributed by atoms with Gasteiger partial charge in [0.1, 0.15) is 0 Å². The summed E-state index contributed by atoms with van der Waals surface area (Å²) in [6.45, 7) is 0. The number of anilines is 1. The maximum atomic E-state index is 12.2. The first-order chi connectivity index (χ1) is 11.6. The number of aromatic amines is 1. The molecule has 3 N–H and O–H groups in total. The molecule has 2 amide bonds. The Kier molecular flexibility index (Phi) is 3.60. The van der Waals surface area contributed by atoms with E-state index in [4.69, 9.17) is 11.6 Å². The van der Waals surface area contributed by atoms with Gasteiger partial charge in [0.25, 0.3) is 0 Å². The van der Waals surface area contributed by atoms with E-state index in [0.717, 1.165) is 43.2 Å². The Morgan fingerprint density at radius 3 is 2.71 bits per heavy atom. The van der Waals surface area contributed by atoms with Crippen molar-refractivity contribution in [2.24, 2.45) is 0 Å². The van der Waals surface area contributed by atoms with E-state index in [-0.39, 0.29) is 6.03 Å². The van der Waals surface area contributed by atoms with Gasteiger partial charge in [0.05, 0.1) is 16.2 Å². The normalized spacial score (nSPS) is 18.8. The molecule has 0 unspecified atom stereocenters. The van der Waals surface area contributed by atoms with Gasteiger partial charge in [-0.15, -0.1) is 0 Å². The van der Waals surface area contributed by atoms with Crippen molar-refractivity contribution >= 4 is 23.3 Å². The molecule has 2 aromatic rings. The molecule has 126 valence electrons. The molecule has 0 atom stereocenters. The largest absolute Gasteiger partial charge is 0.438 e. The molecule has 1 spiro atoms. The molecule has 1 aliphatic heterocycles. The number of carbonyl (C=O) groups is 1. The summed E-state index contributed by atoms with van der Waals surface area (Å²) in [7, 11) is 0. The number of H-pyrrole nitrogens is 1. The SMILES string of the molecule is O=C1Nc2c(Cl)ccc(Cc3noc(=O)[nH]3)c2C2(CCCCC2)N1. The van der Waals surface area contributed by atoms with Gasteiger partial charge in [-0.05, 0) is 24.5 Å². The molecule has 1 aromatic carbocycles. The van der Waals surface area contributed by atoms with Crippen molar-refractivity contribution in [1.82, 2.24) is 15.5 Å². The van der Waals surface area contributed by atoms with Gasteiger partial charge in [0.15, 0.2) is 5.82 Å². The molecule has 1 aliphatic carbocycles. The molecule has 0 saturated heterocycles. The molecule has 7 nitrogen and oxygen atoms in total. The summed E-state index contributed by atoms with van der Waals surface area (Å²) in [6.07, 6.45) is 5.41. The molecule has 4 rings (SSSR count). The molecule has 24 heavy (non-hydrogen) atoms. The Bertz CT molecular complexity index is 851. The predicted molar refractivity (Wildman–Crippen MR) is 88.3 cm³/mol. The van der Waals surface area contributed by atoms with Gasteiger partial charge >= 0.3 is 11.8 Å². The lowest BCUT2D eigenvalue weighted by molar-refractivity contribution is 0.208. The monoisotopic (exact) mass is 348 g/mol. The van der Waals surface area contributed by atoms with Crippen LogP contribution < -0.4 is 16.4 Å². The van der Waals surface area contributed by atoms with Crippen LogP contribution in [0.15, 0.2) is 21.5 Å². The lowest BCUT2D eigenvalue weighted by Gasteiger charge is -2.44. The van der Waals surface area contributed by atoms with E-state index in [0.29, 0.717) is 23.0 Å². The van der Waals surface area contributed by atoms with Gasteiger partial charge in [0, 0.05) is 12.0 Å². The van der Waals surface area contributed by atoms with Crippen molar-refractivity contribution in [3.63, 3.8) is 0 Å². The van der Waals surface area contributed by atoms with Crippen LogP contribution in [0.5, 0.6) is 0 Å². The second-order valence-electron chi connectivity index (χ2n) is 6.40. The van der Waals surface area contributed by atoms with Gasteiger partial charge in [-0.1, -0.05) is 42.1 Å². The number of aromatic nitrogens is 2. The predicted octanol–water partition coefficient (Wildman–Crippen LogP) is 2.90. The number of rotatable bonds is 2. The highest BCUT2D eigenvalue weighted by Crippen LogP contribution is 2.46. The van der Waals surface area contributed by atoms with Gasteiger partial charge in [-0.2, -0.15) is 0 Å². The average molecular weight is 349 g/mol. The van der Waals surface area contributed by atoms with Crippen molar-refractivity contribution in [1.29, 1.82) is 0 Å². The molecular formula is C16H17ClN4O3. The minimum Gasteiger partial charge on any atom is -0.328 e. The van der Waals surface area contributed by atoms with Crippen LogP contribution in [-0.2, 0) is 12.0 Å². The van der Waals surface area contributed by atoms with E-state index in [1.165, 1.54) is 0 Å². The van der Waals surface area contributed by atoms with Crippen molar-refractivity contribution in [2.75, 3.05) is 5.32 Å². The number of fused-ring (bicyclic) bond motifs is 2. The van der Waals surface area contributed by atoms with E-state index in [2.05, 4.69) is 25.3 Å². The minimum absolute atomic E-state index is 0.224. The van der Waals surface area contributed by atoms with Crippen molar-refractivity contribution < 1.29 is 9.32 Å². The Labute approximate surface area is 142 Å². The van der Waals surface area contributed by atoms with E-state index in [9.17, 15) is 9.59 Å². The van der Waals surface area contributed by atoms with Crippen LogP contribution >= 0.6 is 11.6 Å². The average Bonchev–Trinajstić information content (AvgIpc) is 2.96. The van der Waals surface area contributed by atoms with Gasteiger partial charge < -0.3 is 10.6 Å². The van der Waals surface area contributed by atoms with Crippen LogP contribution in [0.25, 0.3) is 0 Å². The number of halogens is 1. The third-order valence-corrected chi connectivity index (χ3v) is 5.18. The fourth-order valence-corrected chi connectivity index (χ4v) is 4.11. The second kappa shape index (κ2) is 5.66. The number of hydrogen-bond acceptors (Lipinski definition) is 4. The number of nitrogens with one attached hydrogen (secondary N) is 3. The van der Waals surface area contributed by atoms with Crippen molar-refractivity contribution in [3.05, 3.63) is 44.7 Å². The Balaban J connectivity index is 1.85. The van der Waals surface area contributed by atoms with E-state index >= 15 is 0 Å². The summed E-state index contributed by atoms with van der Waals surface area (Å²) in [6, 6.07) is 3.46. The minimum atomic E-state index is -0.577. The zero-order valence-electron chi connectivity index (χ0n) is 12.9. The lowest BCUT2D eigenvalue weighted by atomic mass is 9.73. The summed E-state index contributed by atoms with van der Waals surface area (Å²) in [4.78, 5) is 25.9. The van der Waals surface area contributed by atoms with Crippen LogP contribution in [0.3, 0.4) is 0 Å². The second-order valence-corrected chi connectivity index (χ2v) is 6.80. The summed E-state index contributed by atoms with van der Waals surface area (Å²) in [5.41, 5.74) is 2.21. The Morgan fingerprint density at radius 2 is 2.00 bits per heavy atom. The number of benzene rings is 1. The number of carbonyl (C=O) groups excluding carboxylic acids is 1. The molecule has 2 heterocycles. The zero-order chi connectivity index (χ0) is 16.7. The highest BCUT2D eigenvalue weighted by molar-refractivity contribution is 6.34. The maximum absolute atomic E-state index is 12.2. The molecule has 2 aliphatic rings. The van der Waals surface area contributed by atoms with Gasteiger partial charge in [0.2, 0.25) is 0 Å². The first-order valence-corrected chi connectivity index (χ1v) is 8.41. The van der Waals surface area contributed by atoms with Crippen molar-refractivity contribution in [3.8, 4) is 0 Å². The molecule has 0 radical (unpaired) electrons. The number of hydrogen-bond donors (Lipinski definition) is 3. The van der Waals surface area contributed by atoms with E-state index < -0.39 is 11.3 Å². The summed E-state index contributed by atoms with van der Waals surface area (Å²) >= 11 is 6.35. The van der Waals surface area contributed by atoms with Crippen LogP contribution in [0.4, 0.5) is 10.5 Å². The number of urea groups is 1. The molecule has 1 fully saturated rings. The van der Waals surface area contributed by atoms with Crippen LogP contribution in [0.2, 0.25) is 5.02 Å². The van der Waals surface area contributed by atoms with Crippen LogP contribution in [0, 0.1) is 0 Å². The molecule has 0 bridgehead atoms. The van der Waals surface area contributed by atoms with E-state index in [1.54, 1.807) is 6.07 Å². The first-order valence-electron chi connectivity index (χ1n) is 8.03. The van der Waals surface area contributed by atoms with Crippen LogP contribution in [0.1, 0.15) is 49.1 Å². The summed E-state index contributed by atoms with van der Waals surface area (Å²) in [5, 5.41) is 10.2. The highest BCUT2D eigenvalue weighted by atomic mass is 35.5. The topological polar surface area (TPSA) is 100 Å². The Morgan fingerprint density at radius 1 is 1.21 bits per heavy atom. The Hall–Kier alpha value is -2.28. The van der Waals surface area contributed by atoms with Gasteiger partial charge in [-0.25, -0.2) is 9.59 Å². The number of amides is 2. The third kappa shape index (κ3) is 2.49. The highest BCUT2D eigenvalue weighted by Gasteiger charge is 2.42. The van der Waals surface area contributed by atoms with Crippen LogP contribution in [-0.4, -0.2) is 16.2 Å². The first kappa shape index (κ1) is 15.3. The zero-order valence-corrected chi connectivity index (χ0v) is 13.7. The molecular weight excluding hydrogens is 332 g/mol. The smallest absolute Gasteiger partial charge is 0.328 e. The fraction of sp³-hybridized carbons (Fsp3) is 0.438. The lowest BCUT2D eigenvalue weighted by Crippen LogP contribution is -2.53.